The smallest absolute Gasteiger partial charge is 0.411 e. The van der Waals surface area contributed by atoms with E-state index < -0.39 is 42.4 Å². The zero-order chi connectivity index (χ0) is 22.9. The molecule has 2 aromatic rings. The number of carbonyl (C=O) groups excluding carboxylic acids is 4. The predicted octanol–water partition coefficient (Wildman–Crippen LogP) is 1.61. The van der Waals surface area contributed by atoms with Crippen LogP contribution in [0.3, 0.4) is 0 Å². The number of nitrogens with one attached hydrogen (secondary N) is 2. The standard InChI is InChI=1S/C24H23N3O6/c28-21-19(17(25-21)14-8-3-1-4-9-14)32-23(30)16-12-7-13-27(16)24(31)33-20-18(26-22(20)29)15-10-5-2-6-11-15/h1-6,8-11,16-20H,7,12-13H2,(H,25,28)(H,26,29)/t16?,17-,18-,19+,20+/m0/s1. The number of hydrogen-bond acceptors (Lipinski definition) is 6. The summed E-state index contributed by atoms with van der Waals surface area (Å²) in [4.78, 5) is 51.1. The predicted molar refractivity (Wildman–Crippen MR) is 115 cm³/mol. The van der Waals surface area contributed by atoms with Gasteiger partial charge in [-0.25, -0.2) is 9.59 Å². The maximum atomic E-state index is 12.9. The highest BCUT2D eigenvalue weighted by Crippen LogP contribution is 2.31. The average molecular weight is 449 g/mol. The Kier molecular flexibility index (Phi) is 5.45. The van der Waals surface area contributed by atoms with Gasteiger partial charge in [-0.2, -0.15) is 0 Å². The minimum absolute atomic E-state index is 0.307. The molecular weight excluding hydrogens is 426 g/mol. The molecule has 2 N–H and O–H groups in total. The Balaban J connectivity index is 1.22. The van der Waals surface area contributed by atoms with Crippen molar-refractivity contribution in [2.24, 2.45) is 0 Å². The number of carbonyl (C=O) groups is 4. The minimum Gasteiger partial charge on any atom is -0.448 e. The number of benzene rings is 2. The van der Waals surface area contributed by atoms with Gasteiger partial charge < -0.3 is 20.1 Å². The van der Waals surface area contributed by atoms with E-state index in [9.17, 15) is 19.2 Å². The van der Waals surface area contributed by atoms with Gasteiger partial charge in [-0.1, -0.05) is 60.7 Å². The average Bonchev–Trinajstić information content (AvgIpc) is 3.34. The summed E-state index contributed by atoms with van der Waals surface area (Å²) in [5.74, 6) is -1.41. The van der Waals surface area contributed by atoms with E-state index in [4.69, 9.17) is 9.47 Å². The zero-order valence-electron chi connectivity index (χ0n) is 17.7. The summed E-state index contributed by atoms with van der Waals surface area (Å²) in [7, 11) is 0. The fourth-order valence-electron chi connectivity index (χ4n) is 4.42. The third-order valence-electron chi connectivity index (χ3n) is 6.27. The van der Waals surface area contributed by atoms with Gasteiger partial charge in [-0.05, 0) is 24.0 Å². The van der Waals surface area contributed by atoms with Crippen LogP contribution in [-0.2, 0) is 23.9 Å². The topological polar surface area (TPSA) is 114 Å². The van der Waals surface area contributed by atoms with Crippen molar-refractivity contribution in [3.8, 4) is 0 Å². The van der Waals surface area contributed by atoms with Crippen molar-refractivity contribution in [1.29, 1.82) is 0 Å². The molecule has 5 rings (SSSR count). The third-order valence-corrected chi connectivity index (χ3v) is 6.27. The highest BCUT2D eigenvalue weighted by molar-refractivity contribution is 5.93. The number of esters is 1. The molecule has 2 aromatic carbocycles. The lowest BCUT2D eigenvalue weighted by Crippen LogP contribution is -2.60. The molecule has 170 valence electrons. The van der Waals surface area contributed by atoms with E-state index in [1.165, 1.54) is 4.90 Å². The summed E-state index contributed by atoms with van der Waals surface area (Å²) in [6, 6.07) is 16.7. The number of nitrogens with zero attached hydrogens (tertiary/aromatic N) is 1. The maximum Gasteiger partial charge on any atom is 0.411 e. The molecule has 3 amide bonds. The highest BCUT2D eigenvalue weighted by atomic mass is 16.6. The van der Waals surface area contributed by atoms with Gasteiger partial charge in [0.25, 0.3) is 11.8 Å². The molecule has 0 aromatic heterocycles. The molecule has 3 aliphatic rings. The number of amides is 3. The second-order valence-electron chi connectivity index (χ2n) is 8.31. The fourth-order valence-corrected chi connectivity index (χ4v) is 4.42. The molecule has 0 aliphatic carbocycles. The lowest BCUT2D eigenvalue weighted by molar-refractivity contribution is -0.169. The number of ether oxygens (including phenoxy) is 2. The van der Waals surface area contributed by atoms with Crippen molar-refractivity contribution in [2.45, 2.75) is 43.2 Å². The van der Waals surface area contributed by atoms with Crippen LogP contribution >= 0.6 is 0 Å². The molecule has 3 heterocycles. The van der Waals surface area contributed by atoms with Crippen LogP contribution in [0.5, 0.6) is 0 Å². The van der Waals surface area contributed by atoms with Crippen molar-refractivity contribution in [3.63, 3.8) is 0 Å². The van der Waals surface area contributed by atoms with Gasteiger partial charge in [0.1, 0.15) is 18.1 Å². The van der Waals surface area contributed by atoms with Crippen LogP contribution < -0.4 is 10.6 Å². The van der Waals surface area contributed by atoms with Crippen molar-refractivity contribution < 1.29 is 28.7 Å². The summed E-state index contributed by atoms with van der Waals surface area (Å²) >= 11 is 0. The van der Waals surface area contributed by atoms with Crippen molar-refractivity contribution in [3.05, 3.63) is 71.8 Å². The lowest BCUT2D eigenvalue weighted by atomic mass is 9.94. The fraction of sp³-hybridized carbons (Fsp3) is 0.333. The van der Waals surface area contributed by atoms with Crippen molar-refractivity contribution in [1.82, 2.24) is 15.5 Å². The Morgan fingerprint density at radius 1 is 0.788 bits per heavy atom. The monoisotopic (exact) mass is 449 g/mol. The molecular formula is C24H23N3O6. The molecule has 9 heteroatoms. The molecule has 0 saturated carbocycles. The summed E-state index contributed by atoms with van der Waals surface area (Å²) < 4.78 is 11.0. The molecule has 5 atom stereocenters. The molecule has 0 bridgehead atoms. The molecule has 3 fully saturated rings. The Morgan fingerprint density at radius 3 is 1.82 bits per heavy atom. The van der Waals surface area contributed by atoms with Gasteiger partial charge in [0.2, 0.25) is 12.2 Å². The summed E-state index contributed by atoms with van der Waals surface area (Å²) in [6.45, 7) is 0.307. The molecule has 3 saturated heterocycles. The number of β-lactam (4-membered cyclic amide) rings is 2. The molecule has 1 unspecified atom stereocenters. The van der Waals surface area contributed by atoms with Crippen LogP contribution in [-0.4, -0.2) is 53.6 Å². The molecule has 9 nitrogen and oxygen atoms in total. The summed E-state index contributed by atoms with van der Waals surface area (Å²) in [5, 5.41) is 5.47. The first-order valence-corrected chi connectivity index (χ1v) is 10.9. The van der Waals surface area contributed by atoms with Crippen LogP contribution in [0.1, 0.15) is 36.1 Å². The van der Waals surface area contributed by atoms with Gasteiger partial charge in [0.15, 0.2) is 0 Å². The second kappa shape index (κ2) is 8.57. The molecule has 0 spiro atoms. The van der Waals surface area contributed by atoms with Crippen molar-refractivity contribution in [2.75, 3.05) is 6.54 Å². The lowest BCUT2D eigenvalue weighted by Gasteiger charge is -2.38. The zero-order valence-corrected chi connectivity index (χ0v) is 17.7. The first kappa shape index (κ1) is 21.0. The van der Waals surface area contributed by atoms with Gasteiger partial charge in [0, 0.05) is 6.54 Å². The van der Waals surface area contributed by atoms with Gasteiger partial charge in [-0.15, -0.1) is 0 Å². The van der Waals surface area contributed by atoms with Gasteiger partial charge in [0.05, 0.1) is 0 Å². The van der Waals surface area contributed by atoms with Crippen molar-refractivity contribution >= 4 is 23.9 Å². The second-order valence-corrected chi connectivity index (χ2v) is 8.31. The summed E-state index contributed by atoms with van der Waals surface area (Å²) in [6.07, 6.45) is -1.66. The number of hydrogen-bond donors (Lipinski definition) is 2. The van der Waals surface area contributed by atoms with E-state index in [1.807, 2.05) is 60.7 Å². The maximum absolute atomic E-state index is 12.9. The largest absolute Gasteiger partial charge is 0.448 e. The van der Waals surface area contributed by atoms with Crippen LogP contribution in [0, 0.1) is 0 Å². The third kappa shape index (κ3) is 3.90. The SMILES string of the molecule is O=C(O[C@H]1C(=O)N[C@H]1c1ccccc1)C1CCCN1C(=O)O[C@H]1C(=O)N[C@H]1c1ccccc1. The Hall–Kier alpha value is -3.88. The van der Waals surface area contributed by atoms with Crippen LogP contribution in [0.2, 0.25) is 0 Å². The van der Waals surface area contributed by atoms with E-state index in [2.05, 4.69) is 10.6 Å². The molecule has 3 aliphatic heterocycles. The Bertz CT molecular complexity index is 991. The van der Waals surface area contributed by atoms with Crippen LogP contribution in [0.25, 0.3) is 0 Å². The van der Waals surface area contributed by atoms with E-state index in [0.29, 0.717) is 19.4 Å². The van der Waals surface area contributed by atoms with E-state index in [-0.39, 0.29) is 11.8 Å². The van der Waals surface area contributed by atoms with E-state index >= 15 is 0 Å². The molecule has 33 heavy (non-hydrogen) atoms. The van der Waals surface area contributed by atoms with Crippen LogP contribution in [0.15, 0.2) is 60.7 Å². The normalized spacial score (nSPS) is 28.1. The Morgan fingerprint density at radius 2 is 1.30 bits per heavy atom. The van der Waals surface area contributed by atoms with E-state index in [1.54, 1.807) is 0 Å². The molecule has 0 radical (unpaired) electrons. The first-order valence-electron chi connectivity index (χ1n) is 10.9. The highest BCUT2D eigenvalue weighted by Gasteiger charge is 2.48. The first-order chi connectivity index (χ1) is 16.0. The number of rotatable bonds is 5. The van der Waals surface area contributed by atoms with E-state index in [0.717, 1.165) is 11.1 Å². The van der Waals surface area contributed by atoms with Gasteiger partial charge >= 0.3 is 12.1 Å². The van der Waals surface area contributed by atoms with Crippen LogP contribution in [0.4, 0.5) is 4.79 Å². The Labute approximate surface area is 190 Å². The number of likely N-dealkylation sites (tertiary alicyclic amines) is 1. The summed E-state index contributed by atoms with van der Waals surface area (Å²) in [5.41, 5.74) is 1.66. The minimum atomic E-state index is -0.961. The van der Waals surface area contributed by atoms with Gasteiger partial charge in [-0.3, -0.25) is 14.5 Å². The quantitative estimate of drug-likeness (QED) is 0.530.